The van der Waals surface area contributed by atoms with Gasteiger partial charge in [-0.1, -0.05) is 27.2 Å². The van der Waals surface area contributed by atoms with Crippen LogP contribution in [0, 0.1) is 5.82 Å². The third-order valence-electron chi connectivity index (χ3n) is 2.34. The molecule has 1 aromatic carbocycles. The minimum absolute atomic E-state index is 0.180. The van der Waals surface area contributed by atoms with Gasteiger partial charge < -0.3 is 5.11 Å². The summed E-state index contributed by atoms with van der Waals surface area (Å²) < 4.78 is 16.1. The Balaban J connectivity index is 2.47. The summed E-state index contributed by atoms with van der Waals surface area (Å²) in [7, 11) is 1.63. The highest BCUT2D eigenvalue weighted by Crippen LogP contribution is 2.29. The van der Waals surface area contributed by atoms with Gasteiger partial charge in [-0.25, -0.2) is 9.07 Å². The van der Waals surface area contributed by atoms with Crippen LogP contribution >= 0.6 is 31.9 Å². The number of benzene rings is 1. The molecule has 0 saturated carbocycles. The van der Waals surface area contributed by atoms with Gasteiger partial charge in [-0.3, -0.25) is 0 Å². The summed E-state index contributed by atoms with van der Waals surface area (Å²) in [5.41, 5.74) is 0.588. The molecule has 7 heteroatoms. The van der Waals surface area contributed by atoms with Crippen molar-refractivity contribution in [1.82, 2.24) is 15.0 Å². The Morgan fingerprint density at radius 2 is 2.12 bits per heavy atom. The van der Waals surface area contributed by atoms with E-state index in [4.69, 9.17) is 0 Å². The molecular formula is C10H8Br2FN3O. The van der Waals surface area contributed by atoms with Crippen molar-refractivity contribution in [3.63, 3.8) is 0 Å². The molecule has 0 spiro atoms. The Bertz CT molecular complexity index is 539. The molecule has 0 aliphatic heterocycles. The fourth-order valence-corrected chi connectivity index (χ4v) is 2.38. The van der Waals surface area contributed by atoms with Crippen molar-refractivity contribution in [3.05, 3.63) is 44.3 Å². The number of aliphatic hydroxyl groups is 1. The van der Waals surface area contributed by atoms with Gasteiger partial charge in [0.05, 0.1) is 0 Å². The normalized spacial score (nSPS) is 12.8. The van der Waals surface area contributed by atoms with Crippen LogP contribution in [-0.4, -0.2) is 20.1 Å². The van der Waals surface area contributed by atoms with Crippen molar-refractivity contribution in [1.29, 1.82) is 0 Å². The molecule has 2 rings (SSSR count). The average molecular weight is 365 g/mol. The highest BCUT2D eigenvalue weighted by atomic mass is 79.9. The van der Waals surface area contributed by atoms with Crippen LogP contribution < -0.4 is 0 Å². The van der Waals surface area contributed by atoms with E-state index >= 15 is 0 Å². The molecule has 0 amide bonds. The highest BCUT2D eigenvalue weighted by Gasteiger charge is 2.22. The third-order valence-corrected chi connectivity index (χ3v) is 3.40. The van der Waals surface area contributed by atoms with Crippen molar-refractivity contribution in [2.75, 3.05) is 0 Å². The predicted octanol–water partition coefficient (Wildman–Crippen LogP) is 2.56. The van der Waals surface area contributed by atoms with Crippen LogP contribution in [0.5, 0.6) is 0 Å². The van der Waals surface area contributed by atoms with E-state index in [0.29, 0.717) is 14.8 Å². The van der Waals surface area contributed by atoms with Crippen LogP contribution in [0.25, 0.3) is 0 Å². The maximum absolute atomic E-state index is 13.7. The Morgan fingerprint density at radius 1 is 1.41 bits per heavy atom. The van der Waals surface area contributed by atoms with E-state index in [1.807, 2.05) is 0 Å². The molecular weight excluding hydrogens is 357 g/mol. The van der Waals surface area contributed by atoms with Crippen LogP contribution in [0.2, 0.25) is 0 Å². The van der Waals surface area contributed by atoms with Crippen molar-refractivity contribution < 1.29 is 9.50 Å². The molecule has 1 N–H and O–H groups in total. The summed E-state index contributed by atoms with van der Waals surface area (Å²) in [5.74, 6) is -0.486. The van der Waals surface area contributed by atoms with E-state index in [-0.39, 0.29) is 5.56 Å². The number of aryl methyl sites for hydroxylation is 1. The zero-order valence-electron chi connectivity index (χ0n) is 8.73. The fraction of sp³-hybridized carbons (Fsp3) is 0.200. The van der Waals surface area contributed by atoms with Gasteiger partial charge in [0.1, 0.15) is 17.6 Å². The molecule has 90 valence electrons. The minimum Gasteiger partial charge on any atom is -0.382 e. The van der Waals surface area contributed by atoms with Gasteiger partial charge >= 0.3 is 0 Å². The Morgan fingerprint density at radius 3 is 2.65 bits per heavy atom. The number of halogens is 3. The molecule has 1 unspecified atom stereocenters. The van der Waals surface area contributed by atoms with E-state index in [0.717, 1.165) is 0 Å². The lowest BCUT2D eigenvalue weighted by molar-refractivity contribution is 0.204. The molecule has 1 heterocycles. The summed E-state index contributed by atoms with van der Waals surface area (Å²) in [4.78, 5) is 0. The Labute approximate surface area is 114 Å². The van der Waals surface area contributed by atoms with Gasteiger partial charge in [-0.15, -0.1) is 5.10 Å². The largest absolute Gasteiger partial charge is 0.382 e. The Hall–Kier alpha value is -0.790. The molecule has 1 atom stereocenters. The number of aromatic nitrogens is 3. The van der Waals surface area contributed by atoms with Gasteiger partial charge in [0.15, 0.2) is 4.60 Å². The van der Waals surface area contributed by atoms with Crippen LogP contribution in [-0.2, 0) is 7.05 Å². The van der Waals surface area contributed by atoms with E-state index in [1.165, 1.54) is 16.8 Å². The van der Waals surface area contributed by atoms with Crippen molar-refractivity contribution in [2.24, 2.45) is 7.05 Å². The molecule has 0 saturated heterocycles. The number of nitrogens with zero attached hydrogens (tertiary/aromatic N) is 3. The summed E-state index contributed by atoms with van der Waals surface area (Å²) in [6.45, 7) is 0. The van der Waals surface area contributed by atoms with Crippen molar-refractivity contribution in [3.8, 4) is 0 Å². The third kappa shape index (κ3) is 2.41. The Kier molecular flexibility index (Phi) is 3.60. The van der Waals surface area contributed by atoms with E-state index in [2.05, 4.69) is 42.2 Å². The maximum atomic E-state index is 13.7. The first-order valence-electron chi connectivity index (χ1n) is 4.68. The average Bonchev–Trinajstić information content (AvgIpc) is 2.58. The zero-order chi connectivity index (χ0) is 12.6. The molecule has 0 bridgehead atoms. The molecule has 1 aromatic heterocycles. The van der Waals surface area contributed by atoms with Crippen molar-refractivity contribution in [2.45, 2.75) is 6.10 Å². The smallest absolute Gasteiger partial charge is 0.154 e. The quantitative estimate of drug-likeness (QED) is 0.890. The molecule has 0 radical (unpaired) electrons. The SMILES string of the molecule is Cn1nnc(Br)c1C(O)c1ccc(Br)cc1F. The van der Waals surface area contributed by atoms with Crippen LogP contribution in [0.1, 0.15) is 17.4 Å². The number of rotatable bonds is 2. The molecule has 4 nitrogen and oxygen atoms in total. The zero-order valence-corrected chi connectivity index (χ0v) is 11.9. The lowest BCUT2D eigenvalue weighted by Crippen LogP contribution is -2.09. The molecule has 0 aliphatic rings. The van der Waals surface area contributed by atoms with Gasteiger partial charge in [0.25, 0.3) is 0 Å². The first-order chi connectivity index (χ1) is 8.00. The predicted molar refractivity (Wildman–Crippen MR) is 66.9 cm³/mol. The monoisotopic (exact) mass is 363 g/mol. The number of hydrogen-bond acceptors (Lipinski definition) is 3. The first-order valence-corrected chi connectivity index (χ1v) is 6.27. The lowest BCUT2D eigenvalue weighted by atomic mass is 10.1. The number of hydrogen-bond donors (Lipinski definition) is 1. The molecule has 0 fully saturated rings. The second kappa shape index (κ2) is 4.83. The van der Waals surface area contributed by atoms with E-state index in [9.17, 15) is 9.50 Å². The van der Waals surface area contributed by atoms with Crippen LogP contribution in [0.3, 0.4) is 0 Å². The molecule has 0 aliphatic carbocycles. The first kappa shape index (κ1) is 12.7. The van der Waals surface area contributed by atoms with Gasteiger partial charge in [0, 0.05) is 17.1 Å². The van der Waals surface area contributed by atoms with Gasteiger partial charge in [-0.05, 0) is 28.1 Å². The molecule has 2 aromatic rings. The summed E-state index contributed by atoms with van der Waals surface area (Å²) >= 11 is 6.33. The summed E-state index contributed by atoms with van der Waals surface area (Å²) in [5, 5.41) is 17.6. The van der Waals surface area contributed by atoms with E-state index < -0.39 is 11.9 Å². The molecule has 17 heavy (non-hydrogen) atoms. The topological polar surface area (TPSA) is 50.9 Å². The van der Waals surface area contributed by atoms with Crippen LogP contribution in [0.15, 0.2) is 27.3 Å². The second-order valence-electron chi connectivity index (χ2n) is 3.46. The van der Waals surface area contributed by atoms with Gasteiger partial charge in [0.2, 0.25) is 0 Å². The minimum atomic E-state index is -1.11. The standard InChI is InChI=1S/C10H8Br2FN3O/c1-16-8(10(12)14-15-16)9(17)6-3-2-5(11)4-7(6)13/h2-4,9,17H,1H3. The van der Waals surface area contributed by atoms with E-state index in [1.54, 1.807) is 13.1 Å². The van der Waals surface area contributed by atoms with Crippen molar-refractivity contribution >= 4 is 31.9 Å². The summed E-state index contributed by atoms with van der Waals surface area (Å²) in [6.07, 6.45) is -1.11. The highest BCUT2D eigenvalue weighted by molar-refractivity contribution is 9.10. The lowest BCUT2D eigenvalue weighted by Gasteiger charge is -2.12. The van der Waals surface area contributed by atoms with Gasteiger partial charge in [-0.2, -0.15) is 0 Å². The summed E-state index contributed by atoms with van der Waals surface area (Å²) in [6, 6.07) is 4.49. The number of aliphatic hydroxyl groups excluding tert-OH is 1. The fourth-order valence-electron chi connectivity index (χ4n) is 1.50. The maximum Gasteiger partial charge on any atom is 0.154 e. The second-order valence-corrected chi connectivity index (χ2v) is 5.12. The van der Waals surface area contributed by atoms with Crippen LogP contribution in [0.4, 0.5) is 4.39 Å².